The first kappa shape index (κ1) is 19.0. The van der Waals surface area contributed by atoms with Crippen LogP contribution in [0.1, 0.15) is 11.3 Å². The number of benzene rings is 2. The van der Waals surface area contributed by atoms with Gasteiger partial charge in [-0.05, 0) is 0 Å². The highest BCUT2D eigenvalue weighted by molar-refractivity contribution is 5.81. The molecule has 0 aliphatic rings. The lowest BCUT2D eigenvalue weighted by Gasteiger charge is -2.10. The van der Waals surface area contributed by atoms with Crippen LogP contribution in [-0.4, -0.2) is 21.1 Å². The number of alkyl halides is 3. The van der Waals surface area contributed by atoms with E-state index in [2.05, 4.69) is 20.5 Å². The lowest BCUT2D eigenvalue weighted by atomic mass is 10.2. The van der Waals surface area contributed by atoms with Crippen molar-refractivity contribution in [3.63, 3.8) is 0 Å². The minimum atomic E-state index is -4.66. The van der Waals surface area contributed by atoms with E-state index in [4.69, 9.17) is 0 Å². The maximum absolute atomic E-state index is 13.2. The zero-order valence-electron chi connectivity index (χ0n) is 14.1. The molecule has 0 saturated carbocycles. The van der Waals surface area contributed by atoms with Gasteiger partial charge in [-0.2, -0.15) is 18.3 Å². The minimum absolute atomic E-state index is 0.108. The molecule has 3 aromatic rings. The first-order chi connectivity index (χ1) is 13.3. The van der Waals surface area contributed by atoms with Crippen molar-refractivity contribution >= 4 is 17.7 Å². The maximum atomic E-state index is 13.2. The second-order valence-electron chi connectivity index (χ2n) is 5.55. The molecule has 0 fully saturated rings. The van der Waals surface area contributed by atoms with Gasteiger partial charge in [-0.3, -0.25) is 15.5 Å². The first-order valence-electron chi connectivity index (χ1n) is 7.88. The smallest absolute Gasteiger partial charge is 0.261 e. The number of halogens is 3. The number of non-ortho nitro benzene ring substituents is 1. The number of hydrazone groups is 1. The summed E-state index contributed by atoms with van der Waals surface area (Å²) < 4.78 is 39.5. The Morgan fingerprint density at radius 2 is 1.79 bits per heavy atom. The highest BCUT2D eigenvalue weighted by Crippen LogP contribution is 2.30. The molecule has 0 aliphatic heterocycles. The Morgan fingerprint density at radius 3 is 2.46 bits per heavy atom. The fraction of sp³-hybridized carbons (Fsp3) is 0.0556. The molecule has 3 rings (SSSR count). The Hall–Kier alpha value is -3.82. The number of nitrogens with one attached hydrogen (secondary N) is 1. The normalized spacial score (nSPS) is 11.5. The van der Waals surface area contributed by atoms with Crippen LogP contribution in [0.5, 0.6) is 0 Å². The van der Waals surface area contributed by atoms with E-state index in [1.54, 1.807) is 36.4 Å². The molecule has 7 nitrogen and oxygen atoms in total. The van der Waals surface area contributed by atoms with E-state index in [9.17, 15) is 23.3 Å². The third-order valence-electron chi connectivity index (χ3n) is 3.52. The van der Waals surface area contributed by atoms with E-state index in [1.165, 1.54) is 24.4 Å². The molecule has 0 aliphatic carbocycles. The van der Waals surface area contributed by atoms with E-state index in [-0.39, 0.29) is 17.3 Å². The Bertz CT molecular complexity index is 1020. The predicted molar refractivity (Wildman–Crippen MR) is 96.8 cm³/mol. The molecule has 0 unspecified atom stereocenters. The van der Waals surface area contributed by atoms with Crippen LogP contribution in [0, 0.1) is 10.1 Å². The van der Waals surface area contributed by atoms with Gasteiger partial charge in [-0.25, -0.2) is 9.97 Å². The van der Waals surface area contributed by atoms with Crippen LogP contribution in [0.3, 0.4) is 0 Å². The molecule has 0 bridgehead atoms. The Kier molecular flexibility index (Phi) is 5.30. The third-order valence-corrected chi connectivity index (χ3v) is 3.52. The molecule has 0 spiro atoms. The van der Waals surface area contributed by atoms with Crippen LogP contribution in [0.2, 0.25) is 0 Å². The third kappa shape index (κ3) is 4.67. The topological polar surface area (TPSA) is 93.3 Å². The summed E-state index contributed by atoms with van der Waals surface area (Å²) in [6.07, 6.45) is -3.42. The van der Waals surface area contributed by atoms with Gasteiger partial charge in [0, 0.05) is 29.3 Å². The summed E-state index contributed by atoms with van der Waals surface area (Å²) in [6, 6.07) is 14.6. The van der Waals surface area contributed by atoms with Crippen LogP contribution in [0.4, 0.5) is 24.7 Å². The van der Waals surface area contributed by atoms with Crippen molar-refractivity contribution < 1.29 is 18.1 Å². The van der Waals surface area contributed by atoms with E-state index < -0.39 is 16.8 Å². The summed E-state index contributed by atoms with van der Waals surface area (Å²) in [5, 5.41) is 14.6. The Labute approximate surface area is 156 Å². The summed E-state index contributed by atoms with van der Waals surface area (Å²) in [6.45, 7) is 0. The van der Waals surface area contributed by atoms with Crippen LogP contribution < -0.4 is 5.43 Å². The number of hydrogen-bond donors (Lipinski definition) is 1. The molecule has 0 saturated heterocycles. The second kappa shape index (κ2) is 7.82. The standard InChI is InChI=1S/C18H12F3N5O2/c19-18(20,21)15-10-16(24-17(23-15)13-6-2-1-3-7-13)25-22-11-12-5-4-8-14(9-12)26(27)28/h1-11H,(H,23,24,25). The zero-order valence-corrected chi connectivity index (χ0v) is 14.1. The number of aromatic nitrogens is 2. The van der Waals surface area contributed by atoms with Crippen molar-refractivity contribution in [3.8, 4) is 11.4 Å². The van der Waals surface area contributed by atoms with Gasteiger partial charge in [0.05, 0.1) is 11.1 Å². The van der Waals surface area contributed by atoms with Gasteiger partial charge in [0.25, 0.3) is 5.69 Å². The molecule has 10 heteroatoms. The van der Waals surface area contributed by atoms with Crippen LogP contribution in [0.25, 0.3) is 11.4 Å². The number of anilines is 1. The maximum Gasteiger partial charge on any atom is 0.433 e. The van der Waals surface area contributed by atoms with Crippen LogP contribution >= 0.6 is 0 Å². The summed E-state index contributed by atoms with van der Waals surface area (Å²) in [7, 11) is 0. The van der Waals surface area contributed by atoms with E-state index >= 15 is 0 Å². The molecule has 1 heterocycles. The van der Waals surface area contributed by atoms with Gasteiger partial charge >= 0.3 is 6.18 Å². The lowest BCUT2D eigenvalue weighted by molar-refractivity contribution is -0.384. The monoisotopic (exact) mass is 387 g/mol. The Morgan fingerprint density at radius 1 is 1.04 bits per heavy atom. The molecule has 0 atom stereocenters. The highest BCUT2D eigenvalue weighted by Gasteiger charge is 2.33. The van der Waals surface area contributed by atoms with Crippen molar-refractivity contribution in [2.24, 2.45) is 5.10 Å². The summed E-state index contributed by atoms with van der Waals surface area (Å²) in [5.41, 5.74) is 1.98. The Balaban J connectivity index is 1.89. The zero-order chi connectivity index (χ0) is 20.1. The quantitative estimate of drug-likeness (QED) is 0.395. The summed E-state index contributed by atoms with van der Waals surface area (Å²) in [4.78, 5) is 17.8. The number of nitrogens with zero attached hydrogens (tertiary/aromatic N) is 4. The fourth-order valence-electron chi connectivity index (χ4n) is 2.26. The van der Waals surface area contributed by atoms with E-state index in [1.807, 2.05) is 0 Å². The average Bonchev–Trinajstić information content (AvgIpc) is 2.68. The summed E-state index contributed by atoms with van der Waals surface area (Å²) in [5.74, 6) is -0.272. The summed E-state index contributed by atoms with van der Waals surface area (Å²) >= 11 is 0. The molecule has 142 valence electrons. The lowest BCUT2D eigenvalue weighted by Crippen LogP contribution is -2.11. The molecule has 0 amide bonds. The number of rotatable bonds is 5. The van der Waals surface area contributed by atoms with Crippen molar-refractivity contribution in [2.45, 2.75) is 6.18 Å². The largest absolute Gasteiger partial charge is 0.433 e. The minimum Gasteiger partial charge on any atom is -0.261 e. The van der Waals surface area contributed by atoms with Crippen LogP contribution in [-0.2, 0) is 6.18 Å². The molecule has 28 heavy (non-hydrogen) atoms. The fourth-order valence-corrected chi connectivity index (χ4v) is 2.26. The van der Waals surface area contributed by atoms with Crippen molar-refractivity contribution in [1.29, 1.82) is 0 Å². The molecular formula is C18H12F3N5O2. The number of nitro groups is 1. The van der Waals surface area contributed by atoms with E-state index in [0.29, 0.717) is 11.1 Å². The number of nitro benzene ring substituents is 1. The molecular weight excluding hydrogens is 375 g/mol. The van der Waals surface area contributed by atoms with Crippen molar-refractivity contribution in [3.05, 3.63) is 82.0 Å². The average molecular weight is 387 g/mol. The van der Waals surface area contributed by atoms with Crippen molar-refractivity contribution in [1.82, 2.24) is 9.97 Å². The number of hydrogen-bond acceptors (Lipinski definition) is 6. The van der Waals surface area contributed by atoms with Crippen molar-refractivity contribution in [2.75, 3.05) is 5.43 Å². The van der Waals surface area contributed by atoms with Gasteiger partial charge in [0.2, 0.25) is 0 Å². The molecule has 1 aromatic heterocycles. The highest BCUT2D eigenvalue weighted by atomic mass is 19.4. The van der Waals surface area contributed by atoms with Gasteiger partial charge in [-0.15, -0.1) is 0 Å². The van der Waals surface area contributed by atoms with Gasteiger partial charge in [0.15, 0.2) is 17.3 Å². The second-order valence-corrected chi connectivity index (χ2v) is 5.55. The first-order valence-corrected chi connectivity index (χ1v) is 7.88. The van der Waals surface area contributed by atoms with E-state index in [0.717, 1.165) is 6.07 Å². The molecule has 0 radical (unpaired) electrons. The van der Waals surface area contributed by atoms with Gasteiger partial charge < -0.3 is 0 Å². The predicted octanol–water partition coefficient (Wildman–Crippen LogP) is 4.52. The van der Waals surface area contributed by atoms with Gasteiger partial charge in [0.1, 0.15) is 0 Å². The molecule has 2 aromatic carbocycles. The van der Waals surface area contributed by atoms with Gasteiger partial charge in [-0.1, -0.05) is 42.5 Å². The van der Waals surface area contributed by atoms with Crippen LogP contribution in [0.15, 0.2) is 65.8 Å². The molecule has 1 N–H and O–H groups in total. The SMILES string of the molecule is O=[N+]([O-])c1cccc(C=NNc2cc(C(F)(F)F)nc(-c3ccccc3)n2)c1.